The van der Waals surface area contributed by atoms with E-state index in [-0.39, 0.29) is 11.5 Å². The number of para-hydroxylation sites is 2. The van der Waals surface area contributed by atoms with E-state index in [4.69, 9.17) is 9.47 Å². The van der Waals surface area contributed by atoms with Crippen LogP contribution >= 0.6 is 11.3 Å². The molecule has 0 fully saturated rings. The first-order chi connectivity index (χ1) is 16.8. The van der Waals surface area contributed by atoms with Crippen LogP contribution in [0.5, 0.6) is 17.2 Å². The van der Waals surface area contributed by atoms with Crippen LogP contribution in [0.2, 0.25) is 0 Å². The van der Waals surface area contributed by atoms with Gasteiger partial charge >= 0.3 is 0 Å². The van der Waals surface area contributed by atoms with E-state index in [9.17, 15) is 9.59 Å². The molecule has 4 aromatic rings. The molecule has 0 saturated heterocycles. The number of hydrogen-bond donors (Lipinski definition) is 1. The molecule has 0 aliphatic heterocycles. The molecule has 0 aliphatic carbocycles. The minimum Gasteiger partial charge on any atom is -0.494 e. The van der Waals surface area contributed by atoms with Crippen molar-refractivity contribution in [2.45, 2.75) is 27.7 Å². The SMILES string of the molecule is CCOc1ccc(Oc2ccccc2NC(=O)c2sc(-c3c(C)c(C)nn(C)c3=O)nc2C)cc1. The molecule has 180 valence electrons. The number of anilines is 1. The van der Waals surface area contributed by atoms with E-state index in [0.717, 1.165) is 17.0 Å². The van der Waals surface area contributed by atoms with Crippen molar-refractivity contribution in [2.75, 3.05) is 11.9 Å². The zero-order chi connectivity index (χ0) is 25.1. The molecule has 0 spiro atoms. The molecule has 1 N–H and O–H groups in total. The van der Waals surface area contributed by atoms with Gasteiger partial charge in [0.25, 0.3) is 11.5 Å². The molecule has 0 radical (unpaired) electrons. The van der Waals surface area contributed by atoms with Crippen molar-refractivity contribution in [3.05, 3.63) is 80.7 Å². The topological polar surface area (TPSA) is 95.3 Å². The number of hydrogen-bond acceptors (Lipinski definition) is 7. The minimum absolute atomic E-state index is 0.247. The largest absolute Gasteiger partial charge is 0.494 e. The summed E-state index contributed by atoms with van der Waals surface area (Å²) in [5, 5.41) is 7.64. The summed E-state index contributed by atoms with van der Waals surface area (Å²) in [7, 11) is 1.60. The highest BCUT2D eigenvalue weighted by Gasteiger charge is 2.22. The third-order valence-electron chi connectivity index (χ3n) is 5.44. The van der Waals surface area contributed by atoms with Gasteiger partial charge in [-0.25, -0.2) is 9.67 Å². The van der Waals surface area contributed by atoms with Crippen molar-refractivity contribution in [2.24, 2.45) is 7.05 Å². The number of carbonyl (C=O) groups excluding carboxylic acids is 1. The minimum atomic E-state index is -0.325. The molecule has 2 heterocycles. The molecular formula is C26H26N4O4S. The first-order valence-corrected chi connectivity index (χ1v) is 11.9. The molecule has 9 heteroatoms. The second-order valence-electron chi connectivity index (χ2n) is 7.90. The fourth-order valence-corrected chi connectivity index (χ4v) is 4.61. The van der Waals surface area contributed by atoms with Gasteiger partial charge in [0.1, 0.15) is 21.4 Å². The Morgan fingerprint density at radius 3 is 2.43 bits per heavy atom. The summed E-state index contributed by atoms with van der Waals surface area (Å²) in [6.07, 6.45) is 0. The number of nitrogens with one attached hydrogen (secondary N) is 1. The summed E-state index contributed by atoms with van der Waals surface area (Å²) < 4.78 is 12.8. The monoisotopic (exact) mass is 490 g/mol. The van der Waals surface area contributed by atoms with Gasteiger partial charge in [-0.05, 0) is 69.7 Å². The molecule has 35 heavy (non-hydrogen) atoms. The van der Waals surface area contributed by atoms with Crippen molar-refractivity contribution >= 4 is 22.9 Å². The fourth-order valence-electron chi connectivity index (χ4n) is 3.55. The van der Waals surface area contributed by atoms with Crippen molar-refractivity contribution in [1.82, 2.24) is 14.8 Å². The molecule has 0 saturated carbocycles. The second-order valence-corrected chi connectivity index (χ2v) is 8.90. The second kappa shape index (κ2) is 10.1. The van der Waals surface area contributed by atoms with Gasteiger partial charge in [0.2, 0.25) is 0 Å². The number of ether oxygens (including phenoxy) is 2. The molecule has 4 rings (SSSR count). The van der Waals surface area contributed by atoms with E-state index < -0.39 is 0 Å². The number of rotatable bonds is 7. The van der Waals surface area contributed by atoms with Crippen molar-refractivity contribution in [3.8, 4) is 27.8 Å². The van der Waals surface area contributed by atoms with Crippen LogP contribution in [0, 0.1) is 20.8 Å². The molecule has 0 aliphatic rings. The van der Waals surface area contributed by atoms with Gasteiger partial charge in [0.05, 0.1) is 29.2 Å². The molecule has 0 unspecified atom stereocenters. The molecule has 2 aromatic carbocycles. The lowest BCUT2D eigenvalue weighted by Gasteiger charge is -2.12. The molecule has 0 atom stereocenters. The van der Waals surface area contributed by atoms with Gasteiger partial charge in [-0.1, -0.05) is 12.1 Å². The Morgan fingerprint density at radius 2 is 1.71 bits per heavy atom. The summed E-state index contributed by atoms with van der Waals surface area (Å²) >= 11 is 1.18. The van der Waals surface area contributed by atoms with Gasteiger partial charge in [-0.2, -0.15) is 5.10 Å². The standard InChI is InChI=1S/C26H26N4O4S/c1-6-33-18-11-13-19(14-12-18)34-21-10-8-7-9-20(21)28-24(31)23-17(4)27-25(35-23)22-15(2)16(3)29-30(5)26(22)32/h7-14H,6H2,1-5H3,(H,28,31). The van der Waals surface area contributed by atoms with Crippen LogP contribution < -0.4 is 20.3 Å². The number of amides is 1. The number of aryl methyl sites for hydroxylation is 3. The number of carbonyl (C=O) groups is 1. The van der Waals surface area contributed by atoms with Crippen LogP contribution in [-0.4, -0.2) is 27.3 Å². The van der Waals surface area contributed by atoms with E-state index in [0.29, 0.717) is 44.9 Å². The predicted molar refractivity (Wildman–Crippen MR) is 137 cm³/mol. The Kier molecular flexibility index (Phi) is 6.97. The highest BCUT2D eigenvalue weighted by Crippen LogP contribution is 2.33. The highest BCUT2D eigenvalue weighted by atomic mass is 32.1. The van der Waals surface area contributed by atoms with Crippen molar-refractivity contribution < 1.29 is 14.3 Å². The summed E-state index contributed by atoms with van der Waals surface area (Å²) in [6.45, 7) is 7.95. The Balaban J connectivity index is 1.59. The molecule has 2 aromatic heterocycles. The Morgan fingerprint density at radius 1 is 1.03 bits per heavy atom. The fraction of sp³-hybridized carbons (Fsp3) is 0.231. The average molecular weight is 491 g/mol. The van der Waals surface area contributed by atoms with E-state index in [2.05, 4.69) is 15.4 Å². The van der Waals surface area contributed by atoms with E-state index in [1.165, 1.54) is 16.0 Å². The van der Waals surface area contributed by atoms with Crippen LogP contribution in [0.15, 0.2) is 53.3 Å². The van der Waals surface area contributed by atoms with Gasteiger partial charge in [-0.3, -0.25) is 9.59 Å². The zero-order valence-electron chi connectivity index (χ0n) is 20.2. The van der Waals surface area contributed by atoms with E-state index in [1.807, 2.05) is 57.2 Å². The van der Waals surface area contributed by atoms with Crippen LogP contribution in [0.4, 0.5) is 5.69 Å². The van der Waals surface area contributed by atoms with E-state index in [1.54, 1.807) is 26.1 Å². The molecular weight excluding hydrogens is 464 g/mol. The maximum Gasteiger partial charge on any atom is 0.277 e. The quantitative estimate of drug-likeness (QED) is 0.379. The number of benzene rings is 2. The molecule has 1 amide bonds. The third-order valence-corrected chi connectivity index (χ3v) is 6.61. The van der Waals surface area contributed by atoms with Gasteiger partial charge in [0, 0.05) is 7.05 Å². The van der Waals surface area contributed by atoms with Gasteiger partial charge < -0.3 is 14.8 Å². The van der Waals surface area contributed by atoms with Crippen LogP contribution in [0.1, 0.15) is 33.5 Å². The summed E-state index contributed by atoms with van der Waals surface area (Å²) in [6, 6.07) is 14.5. The molecule has 0 bridgehead atoms. The number of nitrogens with zero attached hydrogens (tertiary/aromatic N) is 3. The van der Waals surface area contributed by atoms with Crippen molar-refractivity contribution in [3.63, 3.8) is 0 Å². The van der Waals surface area contributed by atoms with Crippen LogP contribution in [-0.2, 0) is 7.05 Å². The van der Waals surface area contributed by atoms with Crippen LogP contribution in [0.3, 0.4) is 0 Å². The van der Waals surface area contributed by atoms with Gasteiger partial charge in [-0.15, -0.1) is 11.3 Å². The van der Waals surface area contributed by atoms with Crippen molar-refractivity contribution in [1.29, 1.82) is 0 Å². The Hall–Kier alpha value is -3.98. The van der Waals surface area contributed by atoms with Crippen LogP contribution in [0.25, 0.3) is 10.6 Å². The Bertz CT molecular complexity index is 1440. The molecule has 8 nitrogen and oxygen atoms in total. The summed E-state index contributed by atoms with van der Waals surface area (Å²) in [5.41, 5.74) is 2.77. The third kappa shape index (κ3) is 5.09. The summed E-state index contributed by atoms with van der Waals surface area (Å²) in [5.74, 6) is 1.55. The maximum absolute atomic E-state index is 13.2. The lowest BCUT2D eigenvalue weighted by atomic mass is 10.1. The normalized spacial score (nSPS) is 10.8. The first kappa shape index (κ1) is 24.2. The highest BCUT2D eigenvalue weighted by molar-refractivity contribution is 7.17. The first-order valence-electron chi connectivity index (χ1n) is 11.1. The number of aromatic nitrogens is 3. The zero-order valence-corrected chi connectivity index (χ0v) is 21.0. The van der Waals surface area contributed by atoms with E-state index >= 15 is 0 Å². The lowest BCUT2D eigenvalue weighted by molar-refractivity contribution is 0.102. The van der Waals surface area contributed by atoms with Gasteiger partial charge in [0.15, 0.2) is 5.75 Å². The lowest BCUT2D eigenvalue weighted by Crippen LogP contribution is -2.23. The Labute approximate surface area is 207 Å². The average Bonchev–Trinajstić information content (AvgIpc) is 3.22. The summed E-state index contributed by atoms with van der Waals surface area (Å²) in [4.78, 5) is 30.9. The smallest absolute Gasteiger partial charge is 0.277 e. The predicted octanol–water partition coefficient (Wildman–Crippen LogP) is 5.27. The maximum atomic E-state index is 13.2. The number of thiazole rings is 1.